The molecule has 0 spiro atoms. The van der Waals surface area contributed by atoms with E-state index in [1.807, 2.05) is 17.5 Å². The predicted molar refractivity (Wildman–Crippen MR) is 117 cm³/mol. The van der Waals surface area contributed by atoms with Crippen LogP contribution >= 0.6 is 11.3 Å². The molecule has 1 unspecified atom stereocenters. The molecule has 0 bridgehead atoms. The van der Waals surface area contributed by atoms with Crippen molar-refractivity contribution in [1.82, 2.24) is 5.32 Å². The zero-order valence-corrected chi connectivity index (χ0v) is 17.1. The Balaban J connectivity index is 1.63. The van der Waals surface area contributed by atoms with Gasteiger partial charge in [0, 0.05) is 16.0 Å². The molecule has 2 aromatic carbocycles. The van der Waals surface area contributed by atoms with Gasteiger partial charge in [-0.3, -0.25) is 10.2 Å². The maximum absolute atomic E-state index is 12.3. The number of thiophene rings is 1. The summed E-state index contributed by atoms with van der Waals surface area (Å²) < 4.78 is 5.82. The molecule has 8 heteroatoms. The van der Waals surface area contributed by atoms with Gasteiger partial charge in [0.15, 0.2) is 0 Å². The minimum absolute atomic E-state index is 0.0550. The lowest BCUT2D eigenvalue weighted by Crippen LogP contribution is -2.24. The minimum atomic E-state index is -1.07. The van der Waals surface area contributed by atoms with Crippen molar-refractivity contribution in [2.75, 3.05) is 0 Å². The Labute approximate surface area is 182 Å². The van der Waals surface area contributed by atoms with E-state index in [4.69, 9.17) is 15.9 Å². The lowest BCUT2D eigenvalue weighted by Gasteiger charge is -2.17. The van der Waals surface area contributed by atoms with Crippen LogP contribution in [0.15, 0.2) is 77.3 Å². The number of benzene rings is 2. The largest absolute Gasteiger partial charge is 0.488 e. The third kappa shape index (κ3) is 4.19. The molecule has 3 aromatic rings. The van der Waals surface area contributed by atoms with Gasteiger partial charge in [-0.2, -0.15) is 0 Å². The van der Waals surface area contributed by atoms with Crippen LogP contribution in [0, 0.1) is 5.41 Å². The molecule has 7 nitrogen and oxygen atoms in total. The van der Waals surface area contributed by atoms with E-state index in [0.29, 0.717) is 29.1 Å². The number of carbonyl (C=O) groups is 2. The number of nitrogens with two attached hydrogens (primary N) is 1. The van der Waals surface area contributed by atoms with Gasteiger partial charge in [-0.1, -0.05) is 30.3 Å². The quantitative estimate of drug-likeness (QED) is 0.425. The third-order valence-corrected chi connectivity index (χ3v) is 5.77. The minimum Gasteiger partial charge on any atom is -0.488 e. The van der Waals surface area contributed by atoms with E-state index in [9.17, 15) is 14.7 Å². The third-order valence-electron chi connectivity index (χ3n) is 4.92. The number of carboxylic acids is 1. The second-order valence-electron chi connectivity index (χ2n) is 6.94. The van der Waals surface area contributed by atoms with E-state index in [1.54, 1.807) is 47.7 Å². The Kier molecular flexibility index (Phi) is 5.55. The zero-order valence-electron chi connectivity index (χ0n) is 16.3. The van der Waals surface area contributed by atoms with Crippen molar-refractivity contribution in [2.24, 2.45) is 5.73 Å². The number of amides is 1. The number of carboxylic acid groups (broad SMARTS) is 1. The highest BCUT2D eigenvalue weighted by atomic mass is 32.1. The number of hydrogen-bond acceptors (Lipinski definition) is 6. The average molecular weight is 433 g/mol. The summed E-state index contributed by atoms with van der Waals surface area (Å²) in [5, 5.41) is 22.7. The molecule has 0 fully saturated rings. The number of hydrogen-bond donors (Lipinski definition) is 4. The van der Waals surface area contributed by atoms with Crippen LogP contribution in [0.1, 0.15) is 32.4 Å². The highest BCUT2D eigenvalue weighted by Gasteiger charge is 2.34. The van der Waals surface area contributed by atoms with E-state index >= 15 is 0 Å². The van der Waals surface area contributed by atoms with E-state index in [-0.39, 0.29) is 17.0 Å². The van der Waals surface area contributed by atoms with Gasteiger partial charge in [-0.05, 0) is 41.3 Å². The summed E-state index contributed by atoms with van der Waals surface area (Å²) in [7, 11) is 0. The van der Waals surface area contributed by atoms with Crippen molar-refractivity contribution in [3.05, 3.63) is 98.9 Å². The second kappa shape index (κ2) is 8.45. The molecule has 0 saturated heterocycles. The molecule has 0 radical (unpaired) electrons. The first-order valence-electron chi connectivity index (χ1n) is 9.42. The summed E-state index contributed by atoms with van der Waals surface area (Å²) >= 11 is 1.60. The lowest BCUT2D eigenvalue weighted by molar-refractivity contribution is -0.117. The Hall–Kier alpha value is -3.91. The van der Waals surface area contributed by atoms with Crippen LogP contribution in [0.2, 0.25) is 0 Å². The zero-order chi connectivity index (χ0) is 22.0. The Morgan fingerprint density at radius 2 is 1.90 bits per heavy atom. The van der Waals surface area contributed by atoms with Crippen LogP contribution in [-0.4, -0.2) is 22.7 Å². The molecule has 1 aliphatic rings. The molecule has 156 valence electrons. The maximum Gasteiger partial charge on any atom is 0.335 e. The molecule has 0 saturated carbocycles. The van der Waals surface area contributed by atoms with Crippen molar-refractivity contribution in [1.29, 1.82) is 5.41 Å². The number of carbonyl (C=O) groups excluding carboxylic acids is 1. The van der Waals surface area contributed by atoms with Crippen LogP contribution in [0.25, 0.3) is 0 Å². The fourth-order valence-electron chi connectivity index (χ4n) is 3.39. The lowest BCUT2D eigenvalue weighted by atomic mass is 9.91. The van der Waals surface area contributed by atoms with Crippen LogP contribution in [-0.2, 0) is 11.4 Å². The number of nitrogens with one attached hydrogen (secondary N) is 2. The van der Waals surface area contributed by atoms with Gasteiger partial charge in [0.25, 0.3) is 5.91 Å². The second-order valence-corrected chi connectivity index (χ2v) is 7.97. The molecule has 0 aliphatic carbocycles. The molecule has 1 amide bonds. The number of ether oxygens (including phenoxy) is 1. The van der Waals surface area contributed by atoms with E-state index in [1.165, 1.54) is 12.1 Å². The van der Waals surface area contributed by atoms with Crippen molar-refractivity contribution >= 4 is 28.9 Å². The van der Waals surface area contributed by atoms with E-state index in [0.717, 1.165) is 4.88 Å². The molecule has 1 aliphatic heterocycles. The summed E-state index contributed by atoms with van der Waals surface area (Å²) in [4.78, 5) is 24.7. The van der Waals surface area contributed by atoms with E-state index in [2.05, 4.69) is 5.32 Å². The summed E-state index contributed by atoms with van der Waals surface area (Å²) in [5.74, 6) is -0.970. The van der Waals surface area contributed by atoms with Gasteiger partial charge >= 0.3 is 5.97 Å². The SMILES string of the molecule is N=C(C1=C(N)C(=O)NC1c1cccc(C(=O)O)c1)c1cccc(OCc2cccs2)c1. The Morgan fingerprint density at radius 1 is 1.13 bits per heavy atom. The van der Waals surface area contributed by atoms with Gasteiger partial charge in [-0.25, -0.2) is 4.79 Å². The smallest absolute Gasteiger partial charge is 0.335 e. The standard InChI is InChI=1S/C23H19N3O4S/c24-19(13-4-2-7-16(11-13)30-12-17-8-3-9-31-17)18-20(25)22(27)26-21(18)14-5-1-6-15(10-14)23(28)29/h1-11,21,24H,12,25H2,(H,26,27)(H,28,29). The fraction of sp³-hybridized carbons (Fsp3) is 0.0870. The predicted octanol–water partition coefficient (Wildman–Crippen LogP) is 3.48. The summed E-state index contributed by atoms with van der Waals surface area (Å²) in [6, 6.07) is 16.5. The molecule has 1 atom stereocenters. The molecule has 2 heterocycles. The van der Waals surface area contributed by atoms with Crippen LogP contribution in [0.5, 0.6) is 5.75 Å². The van der Waals surface area contributed by atoms with Gasteiger partial charge in [0.2, 0.25) is 0 Å². The highest BCUT2D eigenvalue weighted by Crippen LogP contribution is 2.32. The summed E-state index contributed by atoms with van der Waals surface area (Å²) in [6.45, 7) is 0.421. The van der Waals surface area contributed by atoms with Crippen LogP contribution in [0.4, 0.5) is 0 Å². The molecule has 31 heavy (non-hydrogen) atoms. The van der Waals surface area contributed by atoms with Gasteiger partial charge < -0.3 is 20.9 Å². The van der Waals surface area contributed by atoms with Gasteiger partial charge in [0.05, 0.1) is 17.3 Å². The highest BCUT2D eigenvalue weighted by molar-refractivity contribution is 7.09. The maximum atomic E-state index is 12.3. The first-order chi connectivity index (χ1) is 14.9. The van der Waals surface area contributed by atoms with Crippen molar-refractivity contribution in [2.45, 2.75) is 12.6 Å². The van der Waals surface area contributed by atoms with Crippen molar-refractivity contribution < 1.29 is 19.4 Å². The molecular formula is C23H19N3O4S. The van der Waals surface area contributed by atoms with Gasteiger partial charge in [-0.15, -0.1) is 11.3 Å². The summed E-state index contributed by atoms with van der Waals surface area (Å²) in [6.07, 6.45) is 0. The number of rotatable bonds is 7. The fourth-order valence-corrected chi connectivity index (χ4v) is 4.00. The summed E-state index contributed by atoms with van der Waals surface area (Å²) in [5.41, 5.74) is 7.52. The normalized spacial score (nSPS) is 15.6. The van der Waals surface area contributed by atoms with Crippen molar-refractivity contribution in [3.63, 3.8) is 0 Å². The molecular weight excluding hydrogens is 414 g/mol. The average Bonchev–Trinajstić information content (AvgIpc) is 3.40. The first-order valence-corrected chi connectivity index (χ1v) is 10.3. The van der Waals surface area contributed by atoms with Crippen LogP contribution < -0.4 is 15.8 Å². The molecule has 4 rings (SSSR count). The van der Waals surface area contributed by atoms with Gasteiger partial charge in [0.1, 0.15) is 18.1 Å². The Bertz CT molecular complexity index is 1200. The number of aromatic carboxylic acids is 1. The molecule has 5 N–H and O–H groups in total. The van der Waals surface area contributed by atoms with Crippen LogP contribution in [0.3, 0.4) is 0 Å². The Morgan fingerprint density at radius 3 is 2.65 bits per heavy atom. The monoisotopic (exact) mass is 433 g/mol. The molecule has 1 aromatic heterocycles. The first kappa shape index (κ1) is 20.4. The van der Waals surface area contributed by atoms with E-state index < -0.39 is 17.9 Å². The topological polar surface area (TPSA) is 126 Å². The van der Waals surface area contributed by atoms with Crippen molar-refractivity contribution in [3.8, 4) is 5.75 Å².